The molecule has 0 bridgehead atoms. The molecule has 2 aromatic heterocycles. The zero-order valence-electron chi connectivity index (χ0n) is 23.1. The van der Waals surface area contributed by atoms with E-state index < -0.39 is 22.8 Å². The Hall–Kier alpha value is -3.73. The van der Waals surface area contributed by atoms with Crippen LogP contribution in [0.1, 0.15) is 64.2 Å². The highest BCUT2D eigenvalue weighted by Crippen LogP contribution is 2.42. The Morgan fingerprint density at radius 1 is 1.07 bits per heavy atom. The standard InChI is InChI=1S/C31H32F2N4O4S/c32-21-8-11-23(19-7-12-25(34-17-19)36-13-3-6-26(36)38)24(16-21)28-29(33)42-31(35-28)37(22-9-10-22)30(41)20(15-27(39)40)14-18-4-1-2-5-18/h7-8,11-12,16-18,20,22H,1-6,9-10,13-15H2,(H,39,40)/t20-/m1/s1. The Morgan fingerprint density at radius 2 is 1.86 bits per heavy atom. The van der Waals surface area contributed by atoms with Gasteiger partial charge in [-0.3, -0.25) is 24.2 Å². The number of benzene rings is 1. The van der Waals surface area contributed by atoms with Crippen molar-refractivity contribution in [3.63, 3.8) is 0 Å². The van der Waals surface area contributed by atoms with Crippen molar-refractivity contribution in [3.8, 4) is 22.4 Å². The Morgan fingerprint density at radius 3 is 2.50 bits per heavy atom. The van der Waals surface area contributed by atoms with Gasteiger partial charge in [-0.25, -0.2) is 14.4 Å². The largest absolute Gasteiger partial charge is 0.481 e. The van der Waals surface area contributed by atoms with Crippen LogP contribution in [-0.4, -0.2) is 45.4 Å². The zero-order valence-corrected chi connectivity index (χ0v) is 23.9. The molecule has 220 valence electrons. The van der Waals surface area contributed by atoms with Gasteiger partial charge in [-0.1, -0.05) is 43.1 Å². The molecule has 3 fully saturated rings. The lowest BCUT2D eigenvalue weighted by atomic mass is 9.90. The maximum absolute atomic E-state index is 15.6. The molecule has 2 saturated carbocycles. The molecule has 1 aliphatic heterocycles. The number of aliphatic carboxylic acids is 1. The predicted molar refractivity (Wildman–Crippen MR) is 155 cm³/mol. The first-order valence-electron chi connectivity index (χ1n) is 14.6. The summed E-state index contributed by atoms with van der Waals surface area (Å²) in [6.07, 6.45) is 8.63. The van der Waals surface area contributed by atoms with Crippen LogP contribution in [-0.2, 0) is 14.4 Å². The van der Waals surface area contributed by atoms with Crippen LogP contribution in [0.5, 0.6) is 0 Å². The monoisotopic (exact) mass is 594 g/mol. The van der Waals surface area contributed by atoms with E-state index in [9.17, 15) is 23.9 Å². The summed E-state index contributed by atoms with van der Waals surface area (Å²) in [5.74, 6) is -1.80. The SMILES string of the molecule is O=C(O)C[C@@H](CC1CCCC1)C(=O)N(c1nc(-c2cc(F)ccc2-c2ccc(N3CCCC3=O)nc2)c(F)s1)C1CC1. The Bertz CT molecular complexity index is 1500. The summed E-state index contributed by atoms with van der Waals surface area (Å²) in [7, 11) is 0. The molecule has 1 N–H and O–H groups in total. The van der Waals surface area contributed by atoms with Crippen molar-refractivity contribution in [2.24, 2.45) is 11.8 Å². The molecule has 0 radical (unpaired) electrons. The molecule has 3 aromatic rings. The van der Waals surface area contributed by atoms with Gasteiger partial charge in [0.25, 0.3) is 0 Å². The summed E-state index contributed by atoms with van der Waals surface area (Å²) in [6.45, 7) is 0.601. The van der Waals surface area contributed by atoms with Gasteiger partial charge < -0.3 is 5.11 Å². The molecule has 3 heterocycles. The number of carbonyl (C=O) groups excluding carboxylic acids is 2. The number of carboxylic acid groups (broad SMARTS) is 1. The van der Waals surface area contributed by atoms with Gasteiger partial charge in [-0.2, -0.15) is 4.39 Å². The van der Waals surface area contributed by atoms with Gasteiger partial charge in [0.05, 0.1) is 6.42 Å². The molecular formula is C31H32F2N4O4S. The van der Waals surface area contributed by atoms with Crippen LogP contribution < -0.4 is 9.80 Å². The second-order valence-corrected chi connectivity index (χ2v) is 12.4. The topological polar surface area (TPSA) is 104 Å². The summed E-state index contributed by atoms with van der Waals surface area (Å²) in [5.41, 5.74) is 1.25. The predicted octanol–water partition coefficient (Wildman–Crippen LogP) is 6.44. The Labute approximate surface area is 246 Å². The summed E-state index contributed by atoms with van der Waals surface area (Å²) in [4.78, 5) is 49.7. The van der Waals surface area contributed by atoms with Crippen molar-refractivity contribution >= 4 is 40.1 Å². The highest BCUT2D eigenvalue weighted by molar-refractivity contribution is 7.14. The molecule has 11 heteroatoms. The third kappa shape index (κ3) is 5.92. The van der Waals surface area contributed by atoms with Crippen LogP contribution in [0.25, 0.3) is 22.4 Å². The van der Waals surface area contributed by atoms with Crippen LogP contribution in [0.15, 0.2) is 36.5 Å². The second kappa shape index (κ2) is 11.9. The van der Waals surface area contributed by atoms with Crippen molar-refractivity contribution in [2.75, 3.05) is 16.3 Å². The lowest BCUT2D eigenvalue weighted by Gasteiger charge is -2.26. The van der Waals surface area contributed by atoms with E-state index in [0.717, 1.165) is 56.3 Å². The fourth-order valence-corrected chi connectivity index (χ4v) is 7.10. The number of carbonyl (C=O) groups is 3. The van der Waals surface area contributed by atoms with Crippen molar-refractivity contribution in [3.05, 3.63) is 47.5 Å². The maximum atomic E-state index is 15.6. The first-order valence-corrected chi connectivity index (χ1v) is 15.4. The van der Waals surface area contributed by atoms with Gasteiger partial charge in [0.15, 0.2) is 5.13 Å². The number of hydrogen-bond acceptors (Lipinski definition) is 6. The fourth-order valence-electron chi connectivity index (χ4n) is 6.21. The van der Waals surface area contributed by atoms with Crippen LogP contribution in [0.2, 0.25) is 0 Å². The molecule has 1 atom stereocenters. The maximum Gasteiger partial charge on any atom is 0.304 e. The normalized spacial score (nSPS) is 18.0. The highest BCUT2D eigenvalue weighted by Gasteiger charge is 2.40. The third-order valence-corrected chi connectivity index (χ3v) is 9.28. The van der Waals surface area contributed by atoms with Crippen molar-refractivity contribution in [2.45, 2.75) is 70.3 Å². The molecule has 42 heavy (non-hydrogen) atoms. The minimum absolute atomic E-state index is 0.0124. The molecule has 0 spiro atoms. The van der Waals surface area contributed by atoms with Crippen LogP contribution >= 0.6 is 11.3 Å². The smallest absolute Gasteiger partial charge is 0.304 e. The fraction of sp³-hybridized carbons (Fsp3) is 0.452. The van der Waals surface area contributed by atoms with E-state index in [0.29, 0.717) is 42.2 Å². The summed E-state index contributed by atoms with van der Waals surface area (Å²) < 4.78 is 30.1. The summed E-state index contributed by atoms with van der Waals surface area (Å²) in [6, 6.07) is 7.35. The Balaban J connectivity index is 1.32. The van der Waals surface area contributed by atoms with E-state index in [1.54, 1.807) is 23.2 Å². The first kappa shape index (κ1) is 28.4. The number of carboxylic acids is 1. The van der Waals surface area contributed by atoms with Gasteiger partial charge in [-0.05, 0) is 61.4 Å². The van der Waals surface area contributed by atoms with Gasteiger partial charge >= 0.3 is 5.97 Å². The Kier molecular flexibility index (Phi) is 8.02. The number of pyridine rings is 1. The first-order chi connectivity index (χ1) is 20.3. The average molecular weight is 595 g/mol. The van der Waals surface area contributed by atoms with Gasteiger partial charge in [0, 0.05) is 42.2 Å². The van der Waals surface area contributed by atoms with Crippen molar-refractivity contribution < 1.29 is 28.3 Å². The number of rotatable bonds is 10. The number of halogens is 2. The van der Waals surface area contributed by atoms with Crippen molar-refractivity contribution in [1.82, 2.24) is 9.97 Å². The molecule has 0 unspecified atom stereocenters. The lowest BCUT2D eigenvalue weighted by Crippen LogP contribution is -2.39. The number of aromatic nitrogens is 2. The molecular weight excluding hydrogens is 562 g/mol. The number of hydrogen-bond donors (Lipinski definition) is 1. The molecule has 8 nitrogen and oxygen atoms in total. The number of anilines is 2. The number of amides is 2. The summed E-state index contributed by atoms with van der Waals surface area (Å²) >= 11 is 0.720. The van der Waals surface area contributed by atoms with Gasteiger partial charge in [-0.15, -0.1) is 0 Å². The average Bonchev–Trinajstić information content (AvgIpc) is 3.29. The lowest BCUT2D eigenvalue weighted by molar-refractivity contribution is -0.141. The van der Waals surface area contributed by atoms with E-state index in [-0.39, 0.29) is 40.7 Å². The second-order valence-electron chi connectivity index (χ2n) is 11.5. The van der Waals surface area contributed by atoms with E-state index in [1.165, 1.54) is 23.1 Å². The van der Waals surface area contributed by atoms with Crippen LogP contribution in [0, 0.1) is 22.8 Å². The van der Waals surface area contributed by atoms with E-state index in [1.807, 2.05) is 0 Å². The number of thiazole rings is 1. The van der Waals surface area contributed by atoms with Crippen LogP contribution in [0.3, 0.4) is 0 Å². The minimum atomic E-state index is -1.04. The molecule has 1 aromatic carbocycles. The quantitative estimate of drug-likeness (QED) is 0.290. The van der Waals surface area contributed by atoms with E-state index >= 15 is 4.39 Å². The molecule has 1 saturated heterocycles. The molecule has 6 rings (SSSR count). The highest BCUT2D eigenvalue weighted by atomic mass is 32.1. The van der Waals surface area contributed by atoms with Gasteiger partial charge in [0.2, 0.25) is 16.9 Å². The zero-order chi connectivity index (χ0) is 29.4. The molecule has 3 aliphatic rings. The molecule has 2 amide bonds. The third-order valence-electron chi connectivity index (χ3n) is 8.44. The minimum Gasteiger partial charge on any atom is -0.481 e. The van der Waals surface area contributed by atoms with Crippen molar-refractivity contribution in [1.29, 1.82) is 0 Å². The molecule has 2 aliphatic carbocycles. The van der Waals surface area contributed by atoms with E-state index in [2.05, 4.69) is 9.97 Å². The van der Waals surface area contributed by atoms with Crippen LogP contribution in [0.4, 0.5) is 19.7 Å². The number of nitrogens with zero attached hydrogens (tertiary/aromatic N) is 4. The summed E-state index contributed by atoms with van der Waals surface area (Å²) in [5, 5.41) is 9.06. The van der Waals surface area contributed by atoms with Gasteiger partial charge in [0.1, 0.15) is 17.3 Å². The van der Waals surface area contributed by atoms with E-state index in [4.69, 9.17) is 0 Å².